The molecule has 2 N–H and O–H groups in total. The highest BCUT2D eigenvalue weighted by Gasteiger charge is 2.29. The fraction of sp³-hybridized carbons (Fsp3) is 0.370. The fourth-order valence-corrected chi connectivity index (χ4v) is 3.76. The molecule has 1 aliphatic carbocycles. The Kier molecular flexibility index (Phi) is 8.13. The van der Waals surface area contributed by atoms with Gasteiger partial charge in [0.2, 0.25) is 5.91 Å². The van der Waals surface area contributed by atoms with Crippen LogP contribution < -0.4 is 10.1 Å². The smallest absolute Gasteiger partial charge is 0.260 e. The van der Waals surface area contributed by atoms with E-state index in [0.29, 0.717) is 18.0 Å². The van der Waals surface area contributed by atoms with E-state index in [-0.39, 0.29) is 30.2 Å². The number of hydrogen-bond acceptors (Lipinski definition) is 4. The predicted octanol–water partition coefficient (Wildman–Crippen LogP) is 4.81. The first-order valence-corrected chi connectivity index (χ1v) is 12.1. The van der Waals surface area contributed by atoms with Crippen molar-refractivity contribution in [3.63, 3.8) is 0 Å². The van der Waals surface area contributed by atoms with Crippen molar-refractivity contribution >= 4 is 17.5 Å². The Morgan fingerprint density at radius 3 is 2.74 bits per heavy atom. The summed E-state index contributed by atoms with van der Waals surface area (Å²) < 4.78 is 19.0. The molecule has 1 heterocycles. The normalized spacial score (nSPS) is 12.9. The van der Waals surface area contributed by atoms with Gasteiger partial charge in [0.05, 0.1) is 5.69 Å². The van der Waals surface area contributed by atoms with Crippen LogP contribution in [0.1, 0.15) is 37.8 Å². The first kappa shape index (κ1) is 24.4. The van der Waals surface area contributed by atoms with Crippen molar-refractivity contribution < 1.29 is 18.7 Å². The average molecular weight is 479 g/mol. The van der Waals surface area contributed by atoms with Crippen LogP contribution in [0.25, 0.3) is 11.3 Å². The number of ether oxygens (including phenoxy) is 1. The maximum Gasteiger partial charge on any atom is 0.260 e. The Balaban J connectivity index is 1.12. The molecule has 184 valence electrons. The van der Waals surface area contributed by atoms with Crippen molar-refractivity contribution in [3.8, 4) is 17.0 Å². The molecule has 8 heteroatoms. The van der Waals surface area contributed by atoms with Gasteiger partial charge in [-0.15, -0.1) is 0 Å². The highest BCUT2D eigenvalue weighted by Crippen LogP contribution is 2.30. The van der Waals surface area contributed by atoms with Crippen LogP contribution in [0, 0.1) is 11.7 Å². The summed E-state index contributed by atoms with van der Waals surface area (Å²) in [5.74, 6) is 0.356. The second-order valence-corrected chi connectivity index (χ2v) is 8.99. The minimum Gasteiger partial charge on any atom is -0.484 e. The Labute approximate surface area is 204 Å². The Bertz CT molecular complexity index is 1160. The first-order chi connectivity index (χ1) is 17.0. The van der Waals surface area contributed by atoms with Crippen LogP contribution in [0.5, 0.6) is 5.75 Å². The predicted molar refractivity (Wildman–Crippen MR) is 132 cm³/mol. The van der Waals surface area contributed by atoms with Crippen LogP contribution in [0.15, 0.2) is 54.6 Å². The van der Waals surface area contributed by atoms with Gasteiger partial charge in [0.25, 0.3) is 5.91 Å². The van der Waals surface area contributed by atoms with Gasteiger partial charge in [-0.2, -0.15) is 5.10 Å². The zero-order valence-electron chi connectivity index (χ0n) is 19.9. The number of halogens is 1. The van der Waals surface area contributed by atoms with Gasteiger partial charge in [-0.1, -0.05) is 24.6 Å². The maximum absolute atomic E-state index is 13.4. The third-order valence-electron chi connectivity index (χ3n) is 6.03. The Morgan fingerprint density at radius 2 is 1.94 bits per heavy atom. The van der Waals surface area contributed by atoms with E-state index in [1.54, 1.807) is 36.2 Å². The standard InChI is InChI=1S/C27H31FN4O3/c1-32(26(33)18-35-24-11-6-10-22(16-24)29-27(34)19-12-13-19)14-4-2-3-9-23-17-25(31-30-23)20-7-5-8-21(28)15-20/h5-8,10-11,15-17,19H,2-4,9,12-14,18H2,1H3,(H,29,34)(H,30,31). The zero-order chi connectivity index (χ0) is 24.6. The molecule has 0 spiro atoms. The average Bonchev–Trinajstić information content (AvgIpc) is 3.61. The molecule has 1 saturated carbocycles. The number of amides is 2. The minimum absolute atomic E-state index is 0.0394. The number of hydrogen-bond donors (Lipinski definition) is 2. The number of carbonyl (C=O) groups excluding carboxylic acids is 2. The van der Waals surface area contributed by atoms with Gasteiger partial charge in [0.15, 0.2) is 6.61 Å². The van der Waals surface area contributed by atoms with E-state index >= 15 is 0 Å². The van der Waals surface area contributed by atoms with E-state index in [4.69, 9.17) is 4.74 Å². The minimum atomic E-state index is -0.276. The van der Waals surface area contributed by atoms with Gasteiger partial charge in [-0.3, -0.25) is 14.7 Å². The SMILES string of the molecule is CN(CCCCCc1cc(-c2cccc(F)c2)n[nH]1)C(=O)COc1cccc(NC(=O)C2CC2)c1. The molecule has 0 saturated heterocycles. The van der Waals surface area contributed by atoms with Crippen LogP contribution in [-0.2, 0) is 16.0 Å². The van der Waals surface area contributed by atoms with E-state index in [0.717, 1.165) is 55.5 Å². The largest absolute Gasteiger partial charge is 0.484 e. The second-order valence-electron chi connectivity index (χ2n) is 8.99. The molecule has 0 radical (unpaired) electrons. The molecule has 1 fully saturated rings. The highest BCUT2D eigenvalue weighted by atomic mass is 19.1. The summed E-state index contributed by atoms with van der Waals surface area (Å²) in [6.45, 7) is 0.602. The van der Waals surface area contributed by atoms with E-state index in [2.05, 4.69) is 15.5 Å². The molecule has 0 bridgehead atoms. The summed E-state index contributed by atoms with van der Waals surface area (Å²) >= 11 is 0. The number of H-pyrrole nitrogens is 1. The van der Waals surface area contributed by atoms with E-state index in [9.17, 15) is 14.0 Å². The molecule has 35 heavy (non-hydrogen) atoms. The molecule has 2 amide bonds. The van der Waals surface area contributed by atoms with Crippen molar-refractivity contribution in [2.45, 2.75) is 38.5 Å². The molecular weight excluding hydrogens is 447 g/mol. The monoisotopic (exact) mass is 478 g/mol. The highest BCUT2D eigenvalue weighted by molar-refractivity contribution is 5.94. The molecule has 2 aromatic carbocycles. The van der Waals surface area contributed by atoms with Gasteiger partial charge in [0, 0.05) is 42.5 Å². The third-order valence-corrected chi connectivity index (χ3v) is 6.03. The summed E-state index contributed by atoms with van der Waals surface area (Å²) in [6, 6.07) is 15.5. The maximum atomic E-state index is 13.4. The molecule has 3 aromatic rings. The van der Waals surface area contributed by atoms with Crippen LogP contribution >= 0.6 is 0 Å². The van der Waals surface area contributed by atoms with E-state index in [1.165, 1.54) is 12.1 Å². The van der Waals surface area contributed by atoms with Crippen molar-refractivity contribution in [3.05, 3.63) is 66.1 Å². The summed E-state index contributed by atoms with van der Waals surface area (Å²) in [4.78, 5) is 26.0. The van der Waals surface area contributed by atoms with E-state index < -0.39 is 0 Å². The van der Waals surface area contributed by atoms with Crippen molar-refractivity contribution in [1.29, 1.82) is 0 Å². The number of rotatable bonds is 12. The number of aromatic nitrogens is 2. The number of nitrogens with zero attached hydrogens (tertiary/aromatic N) is 2. The lowest BCUT2D eigenvalue weighted by Crippen LogP contribution is -2.32. The van der Waals surface area contributed by atoms with Crippen LogP contribution in [0.2, 0.25) is 0 Å². The topological polar surface area (TPSA) is 87.3 Å². The van der Waals surface area contributed by atoms with Crippen molar-refractivity contribution in [1.82, 2.24) is 15.1 Å². The molecular formula is C27H31FN4O3. The molecule has 7 nitrogen and oxygen atoms in total. The summed E-state index contributed by atoms with van der Waals surface area (Å²) in [5.41, 5.74) is 3.18. The van der Waals surface area contributed by atoms with Crippen molar-refractivity contribution in [2.75, 3.05) is 25.5 Å². The summed E-state index contributed by atoms with van der Waals surface area (Å²) in [6.07, 6.45) is 5.55. The number of aromatic amines is 1. The van der Waals surface area contributed by atoms with Crippen molar-refractivity contribution in [2.24, 2.45) is 5.92 Å². The summed E-state index contributed by atoms with van der Waals surface area (Å²) in [5, 5.41) is 10.2. The third kappa shape index (κ3) is 7.40. The number of nitrogens with one attached hydrogen (secondary N) is 2. The number of likely N-dealkylation sites (N-methyl/N-ethyl adjacent to an activating group) is 1. The molecule has 1 aliphatic rings. The molecule has 0 aliphatic heterocycles. The Hall–Kier alpha value is -3.68. The van der Waals surface area contributed by atoms with Crippen LogP contribution in [0.4, 0.5) is 10.1 Å². The Morgan fingerprint density at radius 1 is 1.11 bits per heavy atom. The van der Waals surface area contributed by atoms with Gasteiger partial charge in [-0.05, 0) is 62.4 Å². The lowest BCUT2D eigenvalue weighted by Gasteiger charge is -2.17. The van der Waals surface area contributed by atoms with Gasteiger partial charge in [0.1, 0.15) is 11.6 Å². The number of carbonyl (C=O) groups is 2. The first-order valence-electron chi connectivity index (χ1n) is 12.1. The molecule has 0 atom stereocenters. The lowest BCUT2D eigenvalue weighted by atomic mass is 10.1. The molecule has 1 aromatic heterocycles. The number of benzene rings is 2. The van der Waals surface area contributed by atoms with Crippen LogP contribution in [0.3, 0.4) is 0 Å². The van der Waals surface area contributed by atoms with Gasteiger partial charge in [-0.25, -0.2) is 4.39 Å². The number of unbranched alkanes of at least 4 members (excludes halogenated alkanes) is 2. The number of aryl methyl sites for hydroxylation is 1. The molecule has 0 unspecified atom stereocenters. The quantitative estimate of drug-likeness (QED) is 0.366. The molecule has 4 rings (SSSR count). The fourth-order valence-electron chi connectivity index (χ4n) is 3.76. The lowest BCUT2D eigenvalue weighted by molar-refractivity contribution is -0.132. The zero-order valence-corrected chi connectivity index (χ0v) is 19.9. The van der Waals surface area contributed by atoms with E-state index in [1.807, 2.05) is 18.2 Å². The van der Waals surface area contributed by atoms with Gasteiger partial charge >= 0.3 is 0 Å². The number of anilines is 1. The van der Waals surface area contributed by atoms with Crippen LogP contribution in [-0.4, -0.2) is 47.1 Å². The second kappa shape index (κ2) is 11.6. The summed E-state index contributed by atoms with van der Waals surface area (Å²) in [7, 11) is 1.78. The van der Waals surface area contributed by atoms with Gasteiger partial charge < -0.3 is 15.0 Å².